The van der Waals surface area contributed by atoms with E-state index in [1.807, 2.05) is 12.1 Å². The minimum absolute atomic E-state index is 0.368. The van der Waals surface area contributed by atoms with Crippen LogP contribution in [0.5, 0.6) is 10.9 Å². The van der Waals surface area contributed by atoms with Gasteiger partial charge in [-0.15, -0.1) is 16.7 Å². The highest BCUT2D eigenvalue weighted by molar-refractivity contribution is 7.13. The van der Waals surface area contributed by atoms with E-state index < -0.39 is 0 Å². The van der Waals surface area contributed by atoms with Gasteiger partial charge in [-0.1, -0.05) is 42.4 Å². The number of aromatic nitrogens is 2. The summed E-state index contributed by atoms with van der Waals surface area (Å²) in [5, 5.41) is 9.08. The number of ether oxygens (including phenoxy) is 1. The summed E-state index contributed by atoms with van der Waals surface area (Å²) < 4.78 is 5.58. The number of alkyl halides is 1. The maximum Gasteiger partial charge on any atom is 0.299 e. The van der Waals surface area contributed by atoms with Crippen LogP contribution in [0.3, 0.4) is 0 Å². The Bertz CT molecular complexity index is 482. The Kier molecular flexibility index (Phi) is 3.97. The smallest absolute Gasteiger partial charge is 0.299 e. The Labute approximate surface area is 109 Å². The van der Waals surface area contributed by atoms with Crippen molar-refractivity contribution in [3.63, 3.8) is 0 Å². The molecular weight excluding hydrogens is 256 g/mol. The molecule has 1 heterocycles. The lowest BCUT2D eigenvalue weighted by Crippen LogP contribution is -1.88. The van der Waals surface area contributed by atoms with Crippen LogP contribution >= 0.6 is 22.9 Å². The molecule has 5 heteroatoms. The number of nitrogens with zero attached hydrogens (tertiary/aromatic N) is 2. The second kappa shape index (κ2) is 5.47. The highest BCUT2D eigenvalue weighted by atomic mass is 35.5. The molecule has 1 aromatic heterocycles. The molecule has 0 bridgehead atoms. The molecule has 0 fully saturated rings. The van der Waals surface area contributed by atoms with Gasteiger partial charge in [-0.05, 0) is 23.6 Å². The van der Waals surface area contributed by atoms with Gasteiger partial charge >= 0.3 is 0 Å². The fourth-order valence-electron chi connectivity index (χ4n) is 1.36. The average molecular weight is 269 g/mol. The summed E-state index contributed by atoms with van der Waals surface area (Å²) >= 11 is 7.01. The lowest BCUT2D eigenvalue weighted by atomic mass is 10.0. The van der Waals surface area contributed by atoms with Crippen LogP contribution in [0, 0.1) is 0 Å². The number of halogens is 1. The van der Waals surface area contributed by atoms with E-state index in [0.29, 0.717) is 17.0 Å². The summed E-state index contributed by atoms with van der Waals surface area (Å²) in [6.07, 6.45) is 0. The minimum Gasteiger partial charge on any atom is -0.430 e. The molecule has 1 aromatic carbocycles. The Hall–Kier alpha value is -1.13. The highest BCUT2D eigenvalue weighted by Gasteiger charge is 2.05. The molecule has 0 N–H and O–H groups in total. The van der Waals surface area contributed by atoms with Crippen LogP contribution in [-0.4, -0.2) is 10.2 Å². The quantitative estimate of drug-likeness (QED) is 0.780. The Morgan fingerprint density at radius 3 is 2.47 bits per heavy atom. The summed E-state index contributed by atoms with van der Waals surface area (Å²) in [5.41, 5.74) is 1.29. The molecule has 0 spiro atoms. The second-order valence-electron chi connectivity index (χ2n) is 3.92. The first-order chi connectivity index (χ1) is 8.19. The van der Waals surface area contributed by atoms with Crippen LogP contribution in [0.15, 0.2) is 24.3 Å². The standard InChI is InChI=1S/C12H13ClN2OS/c1-8(2)9-3-5-10(6-4-9)16-12-15-14-11(7-13)17-12/h3-6,8H,7H2,1-2H3. The third-order valence-corrected chi connectivity index (χ3v) is 3.53. The first-order valence-corrected chi connectivity index (χ1v) is 6.70. The van der Waals surface area contributed by atoms with Crippen molar-refractivity contribution in [3.05, 3.63) is 34.8 Å². The summed E-state index contributed by atoms with van der Waals surface area (Å²) in [7, 11) is 0. The molecule has 0 saturated heterocycles. The third kappa shape index (κ3) is 3.17. The van der Waals surface area contributed by atoms with Crippen molar-refractivity contribution < 1.29 is 4.74 Å². The van der Waals surface area contributed by atoms with Crippen LogP contribution in [-0.2, 0) is 5.88 Å². The topological polar surface area (TPSA) is 35.0 Å². The normalized spacial score (nSPS) is 10.8. The molecule has 2 aromatic rings. The predicted molar refractivity (Wildman–Crippen MR) is 70.1 cm³/mol. The summed E-state index contributed by atoms with van der Waals surface area (Å²) in [4.78, 5) is 0. The third-order valence-electron chi connectivity index (χ3n) is 2.31. The molecule has 17 heavy (non-hydrogen) atoms. The van der Waals surface area contributed by atoms with Gasteiger partial charge in [0.1, 0.15) is 10.8 Å². The Morgan fingerprint density at radius 1 is 1.24 bits per heavy atom. The zero-order valence-electron chi connectivity index (χ0n) is 9.68. The Morgan fingerprint density at radius 2 is 1.94 bits per heavy atom. The first kappa shape index (κ1) is 12.3. The van der Waals surface area contributed by atoms with E-state index in [1.165, 1.54) is 16.9 Å². The van der Waals surface area contributed by atoms with Crippen LogP contribution in [0.25, 0.3) is 0 Å². The van der Waals surface area contributed by atoms with E-state index in [0.717, 1.165) is 10.8 Å². The molecule has 0 saturated carbocycles. The number of rotatable bonds is 4. The van der Waals surface area contributed by atoms with Gasteiger partial charge in [-0.2, -0.15) is 0 Å². The van der Waals surface area contributed by atoms with Gasteiger partial charge in [0.05, 0.1) is 5.88 Å². The van der Waals surface area contributed by atoms with Gasteiger partial charge in [0, 0.05) is 0 Å². The lowest BCUT2D eigenvalue weighted by Gasteiger charge is -2.06. The van der Waals surface area contributed by atoms with E-state index >= 15 is 0 Å². The molecule has 90 valence electrons. The molecule has 2 rings (SSSR count). The van der Waals surface area contributed by atoms with E-state index in [9.17, 15) is 0 Å². The van der Waals surface area contributed by atoms with Crippen LogP contribution in [0.1, 0.15) is 30.3 Å². The van der Waals surface area contributed by atoms with Gasteiger partial charge in [-0.3, -0.25) is 0 Å². The van der Waals surface area contributed by atoms with Gasteiger partial charge in [-0.25, -0.2) is 0 Å². The molecule has 0 radical (unpaired) electrons. The van der Waals surface area contributed by atoms with Crippen molar-refractivity contribution in [2.75, 3.05) is 0 Å². The average Bonchev–Trinajstić information content (AvgIpc) is 2.77. The van der Waals surface area contributed by atoms with Gasteiger partial charge in [0.25, 0.3) is 5.19 Å². The SMILES string of the molecule is CC(C)c1ccc(Oc2nnc(CCl)s2)cc1. The lowest BCUT2D eigenvalue weighted by molar-refractivity contribution is 0.473. The maximum atomic E-state index is 5.65. The van der Waals surface area contributed by atoms with Crippen molar-refractivity contribution >= 4 is 22.9 Å². The van der Waals surface area contributed by atoms with E-state index in [-0.39, 0.29) is 0 Å². The van der Waals surface area contributed by atoms with Crippen molar-refractivity contribution in [3.8, 4) is 10.9 Å². The molecule has 0 aliphatic heterocycles. The van der Waals surface area contributed by atoms with Gasteiger partial charge in [0.2, 0.25) is 0 Å². The van der Waals surface area contributed by atoms with Crippen LogP contribution in [0.4, 0.5) is 0 Å². The summed E-state index contributed by atoms with van der Waals surface area (Å²) in [5.74, 6) is 1.66. The largest absolute Gasteiger partial charge is 0.430 e. The predicted octanol–water partition coefficient (Wildman–Crippen LogP) is 4.19. The molecular formula is C12H13ClN2OS. The van der Waals surface area contributed by atoms with Gasteiger partial charge in [0.15, 0.2) is 0 Å². The van der Waals surface area contributed by atoms with E-state index in [1.54, 1.807) is 0 Å². The Balaban J connectivity index is 2.08. The number of hydrogen-bond donors (Lipinski definition) is 0. The fourth-order valence-corrected chi connectivity index (χ4v) is 2.13. The van der Waals surface area contributed by atoms with E-state index in [4.69, 9.17) is 16.3 Å². The molecule has 0 unspecified atom stereocenters. The number of benzene rings is 1. The van der Waals surface area contributed by atoms with Crippen molar-refractivity contribution in [2.45, 2.75) is 25.6 Å². The van der Waals surface area contributed by atoms with Crippen LogP contribution in [0.2, 0.25) is 0 Å². The zero-order chi connectivity index (χ0) is 12.3. The summed E-state index contributed by atoms with van der Waals surface area (Å²) in [6.45, 7) is 4.32. The molecule has 0 aliphatic carbocycles. The molecule has 3 nitrogen and oxygen atoms in total. The highest BCUT2D eigenvalue weighted by Crippen LogP contribution is 2.26. The molecule has 0 aliphatic rings. The zero-order valence-corrected chi connectivity index (χ0v) is 11.3. The monoisotopic (exact) mass is 268 g/mol. The van der Waals surface area contributed by atoms with Crippen molar-refractivity contribution in [1.82, 2.24) is 10.2 Å². The van der Waals surface area contributed by atoms with Crippen molar-refractivity contribution in [1.29, 1.82) is 0 Å². The maximum absolute atomic E-state index is 5.65. The van der Waals surface area contributed by atoms with Crippen molar-refractivity contribution in [2.24, 2.45) is 0 Å². The summed E-state index contributed by atoms with van der Waals surface area (Å²) in [6, 6.07) is 8.00. The first-order valence-electron chi connectivity index (χ1n) is 5.35. The minimum atomic E-state index is 0.368. The van der Waals surface area contributed by atoms with Crippen LogP contribution < -0.4 is 4.74 Å². The van der Waals surface area contributed by atoms with E-state index in [2.05, 4.69) is 36.2 Å². The fraction of sp³-hybridized carbons (Fsp3) is 0.333. The molecule has 0 amide bonds. The number of hydrogen-bond acceptors (Lipinski definition) is 4. The molecule has 0 atom stereocenters. The second-order valence-corrected chi connectivity index (χ2v) is 5.21. The van der Waals surface area contributed by atoms with Gasteiger partial charge < -0.3 is 4.74 Å².